The van der Waals surface area contributed by atoms with E-state index in [1.54, 1.807) is 18.2 Å². The zero-order chi connectivity index (χ0) is 11.7. The molecular formula is C10H11NO5. The molecule has 16 heavy (non-hydrogen) atoms. The van der Waals surface area contributed by atoms with Gasteiger partial charge < -0.3 is 14.6 Å². The summed E-state index contributed by atoms with van der Waals surface area (Å²) in [6.45, 7) is 0. The molecule has 1 aromatic rings. The summed E-state index contributed by atoms with van der Waals surface area (Å²) in [4.78, 5) is 16.3. The number of methoxy groups -OCH3 is 1. The molecule has 0 aliphatic carbocycles. The van der Waals surface area contributed by atoms with Crippen molar-refractivity contribution in [2.24, 2.45) is 0 Å². The van der Waals surface area contributed by atoms with Crippen molar-refractivity contribution in [2.45, 2.75) is 6.29 Å². The summed E-state index contributed by atoms with van der Waals surface area (Å²) in [5, 5.41) is 10.3. The Labute approximate surface area is 91.9 Å². The lowest BCUT2D eigenvalue weighted by atomic mass is 10.2. The normalized spacial score (nSPS) is 19.1. The van der Waals surface area contributed by atoms with E-state index in [1.165, 1.54) is 14.2 Å². The van der Waals surface area contributed by atoms with Crippen LogP contribution in [0.5, 0.6) is 11.5 Å². The number of rotatable bonds is 2. The molecule has 1 heterocycles. The molecule has 6 heteroatoms. The minimum Gasteiger partial charge on any atom is -0.497 e. The molecule has 2 rings (SSSR count). The molecule has 0 spiro atoms. The number of amides is 1. The van der Waals surface area contributed by atoms with E-state index >= 15 is 0 Å². The molecule has 0 radical (unpaired) electrons. The third-order valence-corrected chi connectivity index (χ3v) is 2.22. The van der Waals surface area contributed by atoms with Gasteiger partial charge in [-0.15, -0.1) is 0 Å². The maximum absolute atomic E-state index is 11.5. The number of carbonyl (C=O) groups is 1. The quantitative estimate of drug-likeness (QED) is 0.784. The Hall–Kier alpha value is -1.79. The lowest BCUT2D eigenvalue weighted by molar-refractivity contribution is -0.150. The van der Waals surface area contributed by atoms with Crippen molar-refractivity contribution in [3.05, 3.63) is 18.2 Å². The maximum Gasteiger partial charge on any atom is 0.320 e. The summed E-state index contributed by atoms with van der Waals surface area (Å²) in [5.74, 6) is 0.227. The minimum absolute atomic E-state index is 0.327. The average molecular weight is 225 g/mol. The number of hydrogen-bond donors (Lipinski definition) is 1. The van der Waals surface area contributed by atoms with Gasteiger partial charge in [-0.1, -0.05) is 0 Å². The van der Waals surface area contributed by atoms with Crippen LogP contribution in [0.25, 0.3) is 0 Å². The van der Waals surface area contributed by atoms with Gasteiger partial charge in [-0.25, -0.2) is 0 Å². The van der Waals surface area contributed by atoms with Gasteiger partial charge in [0.15, 0.2) is 5.75 Å². The van der Waals surface area contributed by atoms with Crippen molar-refractivity contribution in [3.8, 4) is 11.5 Å². The van der Waals surface area contributed by atoms with E-state index in [-0.39, 0.29) is 0 Å². The summed E-state index contributed by atoms with van der Waals surface area (Å²) < 4.78 is 10.0. The van der Waals surface area contributed by atoms with Crippen LogP contribution in [0.2, 0.25) is 0 Å². The number of aliphatic hydroxyl groups is 1. The third-order valence-electron chi connectivity index (χ3n) is 2.22. The smallest absolute Gasteiger partial charge is 0.320 e. The summed E-state index contributed by atoms with van der Waals surface area (Å²) in [6, 6.07) is 4.84. The van der Waals surface area contributed by atoms with Crippen LogP contribution in [0.4, 0.5) is 5.69 Å². The van der Waals surface area contributed by atoms with Gasteiger partial charge in [-0.3, -0.25) is 9.63 Å². The average Bonchev–Trinajstić information content (AvgIpc) is 2.30. The first kappa shape index (κ1) is 10.7. The van der Waals surface area contributed by atoms with E-state index in [9.17, 15) is 9.90 Å². The Morgan fingerprint density at radius 1 is 1.44 bits per heavy atom. The summed E-state index contributed by atoms with van der Waals surface area (Å²) in [7, 11) is 2.85. The van der Waals surface area contributed by atoms with Crippen LogP contribution >= 0.6 is 0 Å². The number of benzene rings is 1. The Morgan fingerprint density at radius 2 is 2.19 bits per heavy atom. The number of hydrogen-bond acceptors (Lipinski definition) is 5. The molecule has 0 unspecified atom stereocenters. The highest BCUT2D eigenvalue weighted by atomic mass is 16.7. The van der Waals surface area contributed by atoms with E-state index < -0.39 is 12.2 Å². The largest absolute Gasteiger partial charge is 0.497 e. The number of fused-ring (bicyclic) bond motifs is 1. The first-order valence-corrected chi connectivity index (χ1v) is 4.58. The fraction of sp³-hybridized carbons (Fsp3) is 0.300. The van der Waals surface area contributed by atoms with E-state index in [0.717, 1.165) is 5.06 Å². The number of carbonyl (C=O) groups excluding carboxylic acids is 1. The van der Waals surface area contributed by atoms with Gasteiger partial charge in [0.2, 0.25) is 0 Å². The van der Waals surface area contributed by atoms with Crippen LogP contribution in [0, 0.1) is 0 Å². The standard InChI is InChI=1S/C10H11NO5/c1-14-6-3-4-7-8(5-6)16-10(13)9(12)11(7)15-2/h3-5,10,13H,1-2H3/t10-/m0/s1. The summed E-state index contributed by atoms with van der Waals surface area (Å²) >= 11 is 0. The molecule has 6 nitrogen and oxygen atoms in total. The lowest BCUT2D eigenvalue weighted by Gasteiger charge is -2.29. The van der Waals surface area contributed by atoms with Gasteiger partial charge in [0.05, 0.1) is 14.2 Å². The highest BCUT2D eigenvalue weighted by Gasteiger charge is 2.33. The highest BCUT2D eigenvalue weighted by Crippen LogP contribution is 2.36. The number of ether oxygens (including phenoxy) is 2. The van der Waals surface area contributed by atoms with E-state index in [1.807, 2.05) is 0 Å². The molecule has 1 amide bonds. The Morgan fingerprint density at radius 3 is 2.81 bits per heavy atom. The second kappa shape index (κ2) is 3.99. The Kier molecular flexibility index (Phi) is 2.67. The topological polar surface area (TPSA) is 68.2 Å². The number of nitrogens with zero attached hydrogens (tertiary/aromatic N) is 1. The van der Waals surface area contributed by atoms with Crippen LogP contribution < -0.4 is 14.5 Å². The molecule has 1 aromatic carbocycles. The molecule has 86 valence electrons. The van der Waals surface area contributed by atoms with Crippen LogP contribution in [0.15, 0.2) is 18.2 Å². The molecular weight excluding hydrogens is 214 g/mol. The first-order chi connectivity index (χ1) is 7.67. The third kappa shape index (κ3) is 1.58. The SMILES string of the molecule is COc1ccc2c(c1)O[C@H](O)C(=O)N2OC. The van der Waals surface area contributed by atoms with E-state index in [0.29, 0.717) is 17.2 Å². The zero-order valence-corrected chi connectivity index (χ0v) is 8.84. The van der Waals surface area contributed by atoms with Crippen molar-refractivity contribution in [2.75, 3.05) is 19.3 Å². The molecule has 1 N–H and O–H groups in total. The Balaban J connectivity index is 2.46. The van der Waals surface area contributed by atoms with Crippen LogP contribution in [-0.4, -0.2) is 31.5 Å². The Bertz CT molecular complexity index is 420. The lowest BCUT2D eigenvalue weighted by Crippen LogP contribution is -2.45. The maximum atomic E-state index is 11.5. The van der Waals surface area contributed by atoms with Gasteiger partial charge >= 0.3 is 5.91 Å². The zero-order valence-electron chi connectivity index (χ0n) is 8.84. The number of hydroxylamine groups is 1. The predicted molar refractivity (Wildman–Crippen MR) is 54.1 cm³/mol. The molecule has 0 bridgehead atoms. The minimum atomic E-state index is -1.56. The number of anilines is 1. The van der Waals surface area contributed by atoms with Crippen LogP contribution in [0.1, 0.15) is 0 Å². The molecule has 1 aliphatic rings. The van der Waals surface area contributed by atoms with E-state index in [2.05, 4.69) is 0 Å². The van der Waals surface area contributed by atoms with Crippen molar-refractivity contribution < 1.29 is 24.2 Å². The van der Waals surface area contributed by atoms with Crippen LogP contribution in [0.3, 0.4) is 0 Å². The summed E-state index contributed by atoms with van der Waals surface area (Å²) in [6.07, 6.45) is -1.56. The molecule has 1 aliphatic heterocycles. The van der Waals surface area contributed by atoms with Gasteiger partial charge in [-0.2, -0.15) is 5.06 Å². The predicted octanol–water partition coefficient (Wildman–Crippen LogP) is 0.300. The van der Waals surface area contributed by atoms with Gasteiger partial charge in [0, 0.05) is 6.07 Å². The highest BCUT2D eigenvalue weighted by molar-refractivity contribution is 5.97. The molecule has 1 atom stereocenters. The van der Waals surface area contributed by atoms with E-state index in [4.69, 9.17) is 14.3 Å². The molecule has 0 saturated heterocycles. The molecule has 0 fully saturated rings. The fourth-order valence-electron chi connectivity index (χ4n) is 1.46. The second-order valence-corrected chi connectivity index (χ2v) is 3.12. The number of aliphatic hydroxyl groups excluding tert-OH is 1. The van der Waals surface area contributed by atoms with Crippen molar-refractivity contribution >= 4 is 11.6 Å². The molecule has 0 saturated carbocycles. The van der Waals surface area contributed by atoms with Crippen molar-refractivity contribution in [3.63, 3.8) is 0 Å². The molecule has 0 aromatic heterocycles. The van der Waals surface area contributed by atoms with Gasteiger partial charge in [0.1, 0.15) is 11.4 Å². The van der Waals surface area contributed by atoms with Gasteiger partial charge in [-0.05, 0) is 12.1 Å². The van der Waals surface area contributed by atoms with Crippen molar-refractivity contribution in [1.29, 1.82) is 0 Å². The monoisotopic (exact) mass is 225 g/mol. The first-order valence-electron chi connectivity index (χ1n) is 4.58. The van der Waals surface area contributed by atoms with Crippen LogP contribution in [-0.2, 0) is 9.63 Å². The summed E-state index contributed by atoms with van der Waals surface area (Å²) in [5.41, 5.74) is 0.429. The van der Waals surface area contributed by atoms with Crippen molar-refractivity contribution in [1.82, 2.24) is 0 Å². The fourth-order valence-corrected chi connectivity index (χ4v) is 1.46. The second-order valence-electron chi connectivity index (χ2n) is 3.12. The van der Waals surface area contributed by atoms with Gasteiger partial charge in [0.25, 0.3) is 6.29 Å².